The summed E-state index contributed by atoms with van der Waals surface area (Å²) < 4.78 is 5.53. The third-order valence-corrected chi connectivity index (χ3v) is 5.74. The monoisotopic (exact) mass is 306 g/mol. The van der Waals surface area contributed by atoms with Gasteiger partial charge in [0, 0.05) is 25.7 Å². The highest BCUT2D eigenvalue weighted by molar-refractivity contribution is 5.68. The lowest BCUT2D eigenvalue weighted by Gasteiger charge is -2.58. The van der Waals surface area contributed by atoms with Gasteiger partial charge in [0.2, 0.25) is 0 Å². The van der Waals surface area contributed by atoms with Gasteiger partial charge in [0.15, 0.2) is 0 Å². The van der Waals surface area contributed by atoms with Crippen molar-refractivity contribution in [3.8, 4) is 0 Å². The highest BCUT2D eigenvalue weighted by Crippen LogP contribution is 2.59. The van der Waals surface area contributed by atoms with Crippen LogP contribution in [0.4, 0.5) is 4.79 Å². The van der Waals surface area contributed by atoms with E-state index in [4.69, 9.17) is 4.74 Å². The number of carbonyl (C=O) groups is 1. The van der Waals surface area contributed by atoms with E-state index in [1.807, 2.05) is 25.7 Å². The second-order valence-electron chi connectivity index (χ2n) is 8.68. The third kappa shape index (κ3) is 2.78. The van der Waals surface area contributed by atoms with Gasteiger partial charge in [-0.1, -0.05) is 25.5 Å². The van der Waals surface area contributed by atoms with Gasteiger partial charge in [-0.05, 0) is 50.9 Å². The second-order valence-corrected chi connectivity index (χ2v) is 8.68. The van der Waals surface area contributed by atoms with Crippen LogP contribution >= 0.6 is 0 Å². The second kappa shape index (κ2) is 5.26. The molecule has 4 rings (SSSR count). The summed E-state index contributed by atoms with van der Waals surface area (Å²) in [7, 11) is 0. The van der Waals surface area contributed by atoms with Crippen molar-refractivity contribution in [2.24, 2.45) is 17.3 Å². The maximum Gasteiger partial charge on any atom is 0.410 e. The Balaban J connectivity index is 1.67. The van der Waals surface area contributed by atoms with Crippen LogP contribution in [0, 0.1) is 17.3 Å². The van der Waals surface area contributed by atoms with E-state index in [1.165, 1.54) is 18.4 Å². The molecule has 0 aromatic rings. The van der Waals surface area contributed by atoms with Gasteiger partial charge in [-0.2, -0.15) is 0 Å². The van der Waals surface area contributed by atoms with Crippen molar-refractivity contribution in [2.45, 2.75) is 59.1 Å². The van der Waals surface area contributed by atoms with Crippen molar-refractivity contribution in [1.29, 1.82) is 0 Å². The van der Waals surface area contributed by atoms with Gasteiger partial charge in [-0.25, -0.2) is 4.79 Å². The fourth-order valence-corrected chi connectivity index (χ4v) is 4.25. The number of allylic oxidation sites excluding steroid dienone is 1. The molecule has 4 aliphatic rings. The first kappa shape index (κ1) is 15.9. The molecule has 3 aliphatic carbocycles. The van der Waals surface area contributed by atoms with E-state index in [2.05, 4.69) is 25.2 Å². The predicted octanol–water partition coefficient (Wildman–Crippen LogP) is 3.19. The molecule has 4 nitrogen and oxygen atoms in total. The molecule has 1 aliphatic heterocycles. The van der Waals surface area contributed by atoms with Crippen molar-refractivity contribution in [3.05, 3.63) is 11.6 Å². The van der Waals surface area contributed by atoms with Crippen molar-refractivity contribution in [2.75, 3.05) is 19.6 Å². The normalized spacial score (nSPS) is 33.8. The molecule has 1 N–H and O–H groups in total. The Morgan fingerprint density at radius 3 is 2.73 bits per heavy atom. The standard InChI is InChI=1S/C18H30N2O2/c1-17(2,3)22-16(21)20-9-8-19-15(11-20)13-7-6-12-10-14(13)18(12,4)5/h7,12,14-15,19H,6,8-11H2,1-5H3. The molecule has 0 aromatic carbocycles. The zero-order valence-electron chi connectivity index (χ0n) is 14.6. The smallest absolute Gasteiger partial charge is 0.410 e. The minimum Gasteiger partial charge on any atom is -0.444 e. The van der Waals surface area contributed by atoms with E-state index < -0.39 is 5.60 Å². The molecule has 4 heteroatoms. The fraction of sp³-hybridized carbons (Fsp3) is 0.833. The van der Waals surface area contributed by atoms with Crippen LogP contribution < -0.4 is 5.32 Å². The molecule has 124 valence electrons. The fourth-order valence-electron chi connectivity index (χ4n) is 4.25. The quantitative estimate of drug-likeness (QED) is 0.757. The summed E-state index contributed by atoms with van der Waals surface area (Å²) in [4.78, 5) is 14.2. The van der Waals surface area contributed by atoms with Crippen molar-refractivity contribution >= 4 is 6.09 Å². The number of ether oxygens (including phenoxy) is 1. The maximum atomic E-state index is 12.3. The van der Waals surface area contributed by atoms with Crippen LogP contribution in [0.5, 0.6) is 0 Å². The molecule has 1 saturated heterocycles. The molecule has 2 bridgehead atoms. The SMILES string of the molecule is CC(C)(C)OC(=O)N1CCNC(C2=CCC3CC2C3(C)C)C1. The molecule has 0 aromatic heterocycles. The van der Waals surface area contributed by atoms with E-state index in [-0.39, 0.29) is 6.09 Å². The molecule has 3 atom stereocenters. The van der Waals surface area contributed by atoms with E-state index in [0.717, 1.165) is 25.6 Å². The van der Waals surface area contributed by atoms with E-state index >= 15 is 0 Å². The van der Waals surface area contributed by atoms with Crippen LogP contribution in [-0.4, -0.2) is 42.3 Å². The van der Waals surface area contributed by atoms with Crippen molar-refractivity contribution in [3.63, 3.8) is 0 Å². The average molecular weight is 306 g/mol. The third-order valence-electron chi connectivity index (χ3n) is 5.74. The molecule has 3 unspecified atom stereocenters. The first-order chi connectivity index (χ1) is 10.2. The number of nitrogens with one attached hydrogen (secondary N) is 1. The zero-order chi connectivity index (χ0) is 16.1. The molecule has 1 heterocycles. The summed E-state index contributed by atoms with van der Waals surface area (Å²) in [6, 6.07) is 0.298. The van der Waals surface area contributed by atoms with Crippen LogP contribution in [-0.2, 0) is 4.74 Å². The number of amides is 1. The molecule has 2 fully saturated rings. The highest BCUT2D eigenvalue weighted by atomic mass is 16.6. The molecule has 22 heavy (non-hydrogen) atoms. The summed E-state index contributed by atoms with van der Waals surface area (Å²) in [5.41, 5.74) is 1.53. The summed E-state index contributed by atoms with van der Waals surface area (Å²) in [5, 5.41) is 3.61. The Kier molecular flexibility index (Phi) is 3.79. The number of nitrogens with zero attached hydrogens (tertiary/aromatic N) is 1. The Morgan fingerprint density at radius 2 is 2.14 bits per heavy atom. The maximum absolute atomic E-state index is 12.3. The number of rotatable bonds is 1. The molecular weight excluding hydrogens is 276 g/mol. The van der Waals surface area contributed by atoms with Gasteiger partial charge < -0.3 is 15.0 Å². The summed E-state index contributed by atoms with van der Waals surface area (Å²) >= 11 is 0. The van der Waals surface area contributed by atoms with Gasteiger partial charge in [0.1, 0.15) is 5.60 Å². The number of carbonyl (C=O) groups excluding carboxylic acids is 1. The Morgan fingerprint density at radius 1 is 1.41 bits per heavy atom. The van der Waals surface area contributed by atoms with E-state index in [9.17, 15) is 4.79 Å². The molecule has 0 spiro atoms. The van der Waals surface area contributed by atoms with Crippen LogP contribution in [0.15, 0.2) is 11.6 Å². The predicted molar refractivity (Wildman–Crippen MR) is 87.7 cm³/mol. The topological polar surface area (TPSA) is 41.6 Å². The Hall–Kier alpha value is -1.03. The van der Waals surface area contributed by atoms with Gasteiger partial charge in [0.25, 0.3) is 0 Å². The van der Waals surface area contributed by atoms with Gasteiger partial charge in [-0.15, -0.1) is 0 Å². The van der Waals surface area contributed by atoms with E-state index in [0.29, 0.717) is 17.4 Å². The van der Waals surface area contributed by atoms with Crippen LogP contribution in [0.25, 0.3) is 0 Å². The van der Waals surface area contributed by atoms with Crippen LogP contribution in [0.2, 0.25) is 0 Å². The minimum absolute atomic E-state index is 0.179. The van der Waals surface area contributed by atoms with Crippen LogP contribution in [0.3, 0.4) is 0 Å². The summed E-state index contributed by atoms with van der Waals surface area (Å²) in [6.45, 7) is 12.9. The van der Waals surface area contributed by atoms with Gasteiger partial charge in [0.05, 0.1) is 0 Å². The number of piperazine rings is 1. The van der Waals surface area contributed by atoms with Crippen molar-refractivity contribution in [1.82, 2.24) is 10.2 Å². The Bertz CT molecular complexity index is 490. The molecule has 1 saturated carbocycles. The highest BCUT2D eigenvalue weighted by Gasteiger charge is 2.52. The number of fused-ring (bicyclic) bond motifs is 1. The molecule has 1 amide bonds. The van der Waals surface area contributed by atoms with E-state index in [1.54, 1.807) is 0 Å². The largest absolute Gasteiger partial charge is 0.444 e. The van der Waals surface area contributed by atoms with Crippen LogP contribution in [0.1, 0.15) is 47.5 Å². The first-order valence-corrected chi connectivity index (χ1v) is 8.60. The number of hydrogen-bond donors (Lipinski definition) is 1. The lowest BCUT2D eigenvalue weighted by atomic mass is 9.48. The van der Waals surface area contributed by atoms with Gasteiger partial charge >= 0.3 is 6.09 Å². The molecule has 0 radical (unpaired) electrons. The van der Waals surface area contributed by atoms with Gasteiger partial charge in [-0.3, -0.25) is 0 Å². The lowest BCUT2D eigenvalue weighted by Crippen LogP contribution is -2.58. The first-order valence-electron chi connectivity index (χ1n) is 8.60. The average Bonchev–Trinajstić information content (AvgIpc) is 2.45. The Labute approximate surface area is 134 Å². The molecular formula is C18H30N2O2. The summed E-state index contributed by atoms with van der Waals surface area (Å²) in [6.07, 6.45) is 4.77. The number of hydrogen-bond acceptors (Lipinski definition) is 3. The zero-order valence-corrected chi connectivity index (χ0v) is 14.6. The lowest BCUT2D eigenvalue weighted by molar-refractivity contribution is -0.0152. The summed E-state index contributed by atoms with van der Waals surface area (Å²) in [5.74, 6) is 1.54. The minimum atomic E-state index is -0.426. The van der Waals surface area contributed by atoms with Crippen molar-refractivity contribution < 1.29 is 9.53 Å².